The Labute approximate surface area is 542 Å². The molecule has 13 atom stereocenters. The van der Waals surface area contributed by atoms with Gasteiger partial charge in [-0.3, -0.25) is 32.5 Å². The molecule has 0 aliphatic carbocycles. The van der Waals surface area contributed by atoms with Crippen molar-refractivity contribution < 1.29 is 106 Å². The van der Waals surface area contributed by atoms with Crippen LogP contribution in [0.3, 0.4) is 0 Å². The van der Waals surface area contributed by atoms with Gasteiger partial charge in [0, 0.05) is 32.8 Å². The zero-order chi connectivity index (χ0) is 65.9. The maximum atomic E-state index is 13.9. The number of carbonyl (C=O) groups excluding carboxylic acids is 3. The number of hydrogen-bond acceptors (Lipinski definition) is 22. The van der Waals surface area contributed by atoms with Crippen molar-refractivity contribution in [3.8, 4) is 0 Å². The SMILES string of the molecule is CCCCCCCCCCCCCCCC(=O)OCCCOP(O)OC1OC(OC2OC(COP(=O)(OC)OCC(COC(=O)CCCCCCCCCCCCCCC)OC(=O)CCCCCCCCCCCCCCC)C(O)C(O)C2O)C(O)C(O)C1O. The van der Waals surface area contributed by atoms with Gasteiger partial charge in [0.2, 0.25) is 0 Å². The summed E-state index contributed by atoms with van der Waals surface area (Å²) >= 11 is 0. The molecule has 0 radical (unpaired) electrons. The lowest BCUT2D eigenvalue weighted by atomic mass is 9.99. The van der Waals surface area contributed by atoms with Crippen LogP contribution < -0.4 is 0 Å². The molecule has 13 unspecified atom stereocenters. The Morgan fingerprint density at radius 3 is 1.21 bits per heavy atom. The lowest BCUT2D eigenvalue weighted by molar-refractivity contribution is -0.390. The van der Waals surface area contributed by atoms with Crippen LogP contribution in [-0.4, -0.2) is 161 Å². The normalized spacial score (nSPS) is 23.3. The van der Waals surface area contributed by atoms with Gasteiger partial charge in [0.15, 0.2) is 25.0 Å². The average Bonchev–Trinajstić information content (AvgIpc) is 1.49. The van der Waals surface area contributed by atoms with Crippen LogP contribution in [0.1, 0.15) is 297 Å². The van der Waals surface area contributed by atoms with Crippen molar-refractivity contribution in [3.63, 3.8) is 0 Å². The summed E-state index contributed by atoms with van der Waals surface area (Å²) in [5.74, 6) is -1.40. The fourth-order valence-electron chi connectivity index (χ4n) is 10.9. The highest BCUT2D eigenvalue weighted by Crippen LogP contribution is 2.49. The van der Waals surface area contributed by atoms with Gasteiger partial charge in [-0.1, -0.05) is 252 Å². The fraction of sp³-hybridized carbons (Fsp3) is 0.955. The molecule has 7 N–H and O–H groups in total. The Hall–Kier alpha value is -1.53. The molecule has 0 aromatic carbocycles. The molecule has 2 aliphatic rings. The van der Waals surface area contributed by atoms with E-state index in [-0.39, 0.29) is 38.4 Å². The van der Waals surface area contributed by atoms with Crippen LogP contribution in [0, 0.1) is 0 Å². The van der Waals surface area contributed by atoms with E-state index in [1.807, 2.05) is 0 Å². The Morgan fingerprint density at radius 1 is 0.422 bits per heavy atom. The van der Waals surface area contributed by atoms with Crippen LogP contribution in [0.15, 0.2) is 0 Å². The smallest absolute Gasteiger partial charge is 0.466 e. The van der Waals surface area contributed by atoms with E-state index in [0.717, 1.165) is 77.7 Å². The maximum absolute atomic E-state index is 13.9. The average molecular weight is 1330 g/mol. The standard InChI is InChI=1S/C66H126O22P2/c1-5-8-11-14-17-20-23-26-29-32-35-38-41-45-55(67)79-48-44-49-81-89(76)88-66-63(75)60(72)62(74)65(87-66)86-64-61(73)59(71)58(70)54(85-64)52-83-90(77,78-4)82-51-53(84-57(69)47-43-40-37-34-31-28-25-22-19-16-13-10-7-3)50-80-56(68)46-42-39-36-33-30-27-24-21-18-15-12-9-6-2/h53-54,58-66,70-76H,5-52H2,1-4H3. The van der Waals surface area contributed by atoms with Gasteiger partial charge in [0.25, 0.3) is 0 Å². The number of aliphatic hydroxyl groups excluding tert-OH is 6. The molecule has 532 valence electrons. The number of aliphatic hydroxyl groups is 6. The van der Waals surface area contributed by atoms with Crippen LogP contribution in [0.5, 0.6) is 0 Å². The van der Waals surface area contributed by atoms with E-state index in [1.54, 1.807) is 0 Å². The van der Waals surface area contributed by atoms with Gasteiger partial charge in [0.1, 0.15) is 49.3 Å². The zero-order valence-corrected chi connectivity index (χ0v) is 57.7. The molecule has 0 spiro atoms. The van der Waals surface area contributed by atoms with Crippen LogP contribution in [0.2, 0.25) is 0 Å². The summed E-state index contributed by atoms with van der Waals surface area (Å²) in [6.45, 7) is 4.72. The molecule has 24 heteroatoms. The van der Waals surface area contributed by atoms with Crippen molar-refractivity contribution in [2.75, 3.05) is 40.1 Å². The van der Waals surface area contributed by atoms with Crippen molar-refractivity contribution in [2.24, 2.45) is 0 Å². The Balaban J connectivity index is 1.88. The number of hydrogen-bond donors (Lipinski definition) is 7. The van der Waals surface area contributed by atoms with Gasteiger partial charge in [-0.05, 0) is 19.3 Å². The predicted octanol–water partition coefficient (Wildman–Crippen LogP) is 13.4. The second kappa shape index (κ2) is 55.6. The Bertz CT molecular complexity index is 1780. The third kappa shape index (κ3) is 41.4. The van der Waals surface area contributed by atoms with E-state index in [1.165, 1.54) is 167 Å². The minimum Gasteiger partial charge on any atom is -0.466 e. The molecule has 2 heterocycles. The first-order valence-corrected chi connectivity index (χ1v) is 38.0. The molecular formula is C66H126O22P2. The number of ether oxygens (including phenoxy) is 6. The van der Waals surface area contributed by atoms with Crippen molar-refractivity contribution in [2.45, 2.75) is 365 Å². The van der Waals surface area contributed by atoms with Crippen molar-refractivity contribution in [1.82, 2.24) is 0 Å². The fourth-order valence-corrected chi connectivity index (χ4v) is 12.5. The minimum atomic E-state index is -4.61. The molecular weight excluding hydrogens is 1210 g/mol. The summed E-state index contributed by atoms with van der Waals surface area (Å²) in [6.07, 6.45) is 25.5. The van der Waals surface area contributed by atoms with Crippen LogP contribution in [0.4, 0.5) is 0 Å². The van der Waals surface area contributed by atoms with Crippen LogP contribution >= 0.6 is 16.4 Å². The third-order valence-corrected chi connectivity index (χ3v) is 18.8. The first kappa shape index (κ1) is 84.6. The first-order valence-electron chi connectivity index (χ1n) is 35.4. The number of rotatable bonds is 61. The van der Waals surface area contributed by atoms with Gasteiger partial charge in [-0.15, -0.1) is 0 Å². The minimum absolute atomic E-state index is 0.0194. The van der Waals surface area contributed by atoms with Crippen LogP contribution in [0.25, 0.3) is 0 Å². The van der Waals surface area contributed by atoms with Gasteiger partial charge in [0.05, 0.1) is 26.4 Å². The molecule has 0 saturated carbocycles. The number of unbranched alkanes of at least 4 members (excludes halogenated alkanes) is 36. The first-order chi connectivity index (χ1) is 43.6. The predicted molar refractivity (Wildman–Crippen MR) is 344 cm³/mol. The van der Waals surface area contributed by atoms with Gasteiger partial charge in [-0.2, -0.15) is 0 Å². The highest BCUT2D eigenvalue weighted by molar-refractivity contribution is 7.48. The highest BCUT2D eigenvalue weighted by Gasteiger charge is 2.51. The molecule has 90 heavy (non-hydrogen) atoms. The van der Waals surface area contributed by atoms with Crippen LogP contribution in [-0.2, 0) is 70.0 Å². The summed E-state index contributed by atoms with van der Waals surface area (Å²) in [7, 11) is -6.38. The molecule has 22 nitrogen and oxygen atoms in total. The number of esters is 3. The second-order valence-corrected chi connectivity index (χ2v) is 27.5. The van der Waals surface area contributed by atoms with E-state index in [9.17, 15) is 54.5 Å². The molecule has 2 rings (SSSR count). The van der Waals surface area contributed by atoms with Crippen molar-refractivity contribution in [3.05, 3.63) is 0 Å². The van der Waals surface area contributed by atoms with E-state index in [2.05, 4.69) is 20.8 Å². The van der Waals surface area contributed by atoms with E-state index in [0.29, 0.717) is 19.3 Å². The Kier molecular flexibility index (Phi) is 52.2. The topological polar surface area (TPSA) is 311 Å². The van der Waals surface area contributed by atoms with Gasteiger partial charge < -0.3 is 68.5 Å². The summed E-state index contributed by atoms with van der Waals surface area (Å²) in [5.41, 5.74) is 0. The van der Waals surface area contributed by atoms with E-state index < -0.39 is 116 Å². The monoisotopic (exact) mass is 1330 g/mol. The molecule has 2 fully saturated rings. The highest BCUT2D eigenvalue weighted by atomic mass is 31.2. The molecule has 0 aromatic rings. The maximum Gasteiger partial charge on any atom is 0.474 e. The zero-order valence-electron chi connectivity index (χ0n) is 55.9. The van der Waals surface area contributed by atoms with Crippen molar-refractivity contribution in [1.29, 1.82) is 0 Å². The second-order valence-electron chi connectivity index (χ2n) is 24.7. The lowest BCUT2D eigenvalue weighted by Gasteiger charge is -2.44. The Morgan fingerprint density at radius 2 is 0.789 bits per heavy atom. The summed E-state index contributed by atoms with van der Waals surface area (Å²) < 4.78 is 73.9. The number of carbonyl (C=O) groups is 3. The quantitative estimate of drug-likeness (QED) is 0.0129. The molecule has 2 saturated heterocycles. The molecule has 2 aliphatic heterocycles. The number of phosphoric acid groups is 1. The summed E-state index contributed by atoms with van der Waals surface area (Å²) in [6, 6.07) is 0. The third-order valence-electron chi connectivity index (χ3n) is 16.6. The number of phosphoric ester groups is 1. The van der Waals surface area contributed by atoms with E-state index in [4.69, 9.17) is 51.0 Å². The summed E-state index contributed by atoms with van der Waals surface area (Å²) in [5, 5.41) is 64.9. The summed E-state index contributed by atoms with van der Waals surface area (Å²) in [4.78, 5) is 48.8. The molecule has 0 aromatic heterocycles. The molecule has 0 bridgehead atoms. The van der Waals surface area contributed by atoms with Gasteiger partial charge in [-0.25, -0.2) is 4.57 Å². The molecule has 0 amide bonds. The van der Waals surface area contributed by atoms with E-state index >= 15 is 0 Å². The van der Waals surface area contributed by atoms with Gasteiger partial charge >= 0.3 is 34.3 Å². The largest absolute Gasteiger partial charge is 0.474 e. The lowest BCUT2D eigenvalue weighted by Crippen LogP contribution is -2.63. The van der Waals surface area contributed by atoms with Crippen molar-refractivity contribution >= 4 is 34.3 Å².